The molecule has 8 heteroatoms. The molecule has 0 unspecified atom stereocenters. The van der Waals surface area contributed by atoms with Crippen molar-refractivity contribution in [2.45, 2.75) is 26.2 Å². The van der Waals surface area contributed by atoms with E-state index in [9.17, 15) is 0 Å². The van der Waals surface area contributed by atoms with Crippen LogP contribution in [0.25, 0.3) is 5.95 Å². The van der Waals surface area contributed by atoms with Gasteiger partial charge in [-0.1, -0.05) is 19.8 Å². The molecule has 0 saturated heterocycles. The maximum Gasteiger partial charge on any atom is 0.323 e. The summed E-state index contributed by atoms with van der Waals surface area (Å²) < 4.78 is 7.15. The molecule has 0 spiro atoms. The Kier molecular flexibility index (Phi) is 4.62. The SMILES string of the molecule is CCCCCOc1nc(NN)nc(-n2ccnc2)n1. The fourth-order valence-corrected chi connectivity index (χ4v) is 1.48. The molecule has 0 amide bonds. The van der Waals surface area contributed by atoms with Crippen LogP contribution in [0.4, 0.5) is 5.95 Å². The van der Waals surface area contributed by atoms with Gasteiger partial charge < -0.3 is 4.74 Å². The Morgan fingerprint density at radius 3 is 2.89 bits per heavy atom. The summed E-state index contributed by atoms with van der Waals surface area (Å²) in [5.74, 6) is 6.00. The van der Waals surface area contributed by atoms with Gasteiger partial charge in [0.2, 0.25) is 11.9 Å². The average molecular weight is 263 g/mol. The van der Waals surface area contributed by atoms with Crippen molar-refractivity contribution in [1.82, 2.24) is 24.5 Å². The third-order valence-corrected chi connectivity index (χ3v) is 2.45. The van der Waals surface area contributed by atoms with Gasteiger partial charge in [-0.15, -0.1) is 0 Å². The second-order valence-electron chi connectivity index (χ2n) is 3.91. The molecule has 0 aromatic carbocycles. The Morgan fingerprint density at radius 1 is 1.32 bits per heavy atom. The number of nitrogens with two attached hydrogens (primary N) is 1. The molecule has 0 atom stereocenters. The summed E-state index contributed by atoms with van der Waals surface area (Å²) in [6.45, 7) is 2.71. The van der Waals surface area contributed by atoms with E-state index >= 15 is 0 Å². The fraction of sp³-hybridized carbons (Fsp3) is 0.455. The molecule has 0 fully saturated rings. The minimum atomic E-state index is 0.253. The fourth-order valence-electron chi connectivity index (χ4n) is 1.48. The third kappa shape index (κ3) is 3.62. The van der Waals surface area contributed by atoms with E-state index in [1.807, 2.05) is 0 Å². The topological polar surface area (TPSA) is 104 Å². The molecule has 3 N–H and O–H groups in total. The van der Waals surface area contributed by atoms with Crippen molar-refractivity contribution in [1.29, 1.82) is 0 Å². The third-order valence-electron chi connectivity index (χ3n) is 2.45. The highest BCUT2D eigenvalue weighted by atomic mass is 16.5. The number of anilines is 1. The lowest BCUT2D eigenvalue weighted by atomic mass is 10.3. The summed E-state index contributed by atoms with van der Waals surface area (Å²) in [6, 6.07) is 0.253. The van der Waals surface area contributed by atoms with Crippen LogP contribution < -0.4 is 16.0 Å². The van der Waals surface area contributed by atoms with Gasteiger partial charge in [0, 0.05) is 12.4 Å². The first-order valence-corrected chi connectivity index (χ1v) is 6.17. The van der Waals surface area contributed by atoms with Crippen LogP contribution in [0.3, 0.4) is 0 Å². The summed E-state index contributed by atoms with van der Waals surface area (Å²) in [5, 5.41) is 0. The van der Waals surface area contributed by atoms with Crippen LogP contribution in [0.1, 0.15) is 26.2 Å². The second-order valence-corrected chi connectivity index (χ2v) is 3.91. The van der Waals surface area contributed by atoms with E-state index in [0.29, 0.717) is 12.6 Å². The zero-order chi connectivity index (χ0) is 13.5. The van der Waals surface area contributed by atoms with Crippen LogP contribution in [0.2, 0.25) is 0 Å². The number of nitrogens with one attached hydrogen (secondary N) is 1. The number of nitrogens with zero attached hydrogens (tertiary/aromatic N) is 5. The highest BCUT2D eigenvalue weighted by molar-refractivity contribution is 5.28. The summed E-state index contributed by atoms with van der Waals surface area (Å²) in [4.78, 5) is 16.3. The first kappa shape index (κ1) is 13.2. The van der Waals surface area contributed by atoms with E-state index in [2.05, 4.69) is 32.3 Å². The molecular formula is C11H17N7O. The van der Waals surface area contributed by atoms with Crippen LogP contribution in [0.5, 0.6) is 6.01 Å². The van der Waals surface area contributed by atoms with Gasteiger partial charge in [-0.2, -0.15) is 15.0 Å². The van der Waals surface area contributed by atoms with E-state index in [1.54, 1.807) is 23.3 Å². The standard InChI is InChI=1S/C11H17N7O/c1-2-3-4-7-19-11-15-9(17-12)14-10(16-11)18-6-5-13-8-18/h5-6,8H,2-4,7,12H2,1H3,(H,14,15,16,17). The minimum Gasteiger partial charge on any atom is -0.463 e. The molecule has 102 valence electrons. The van der Waals surface area contributed by atoms with Crippen LogP contribution >= 0.6 is 0 Å². The molecule has 2 heterocycles. The largest absolute Gasteiger partial charge is 0.463 e. The van der Waals surface area contributed by atoms with Gasteiger partial charge in [0.05, 0.1) is 6.61 Å². The number of nitrogen functional groups attached to an aromatic ring is 1. The quantitative estimate of drug-likeness (QED) is 0.434. The van der Waals surface area contributed by atoms with Crippen molar-refractivity contribution in [3.63, 3.8) is 0 Å². The van der Waals surface area contributed by atoms with E-state index in [-0.39, 0.29) is 12.0 Å². The summed E-state index contributed by atoms with van der Waals surface area (Å²) in [7, 11) is 0. The van der Waals surface area contributed by atoms with Crippen LogP contribution in [-0.4, -0.2) is 31.1 Å². The molecular weight excluding hydrogens is 246 g/mol. The lowest BCUT2D eigenvalue weighted by Gasteiger charge is -2.07. The van der Waals surface area contributed by atoms with Crippen LogP contribution in [-0.2, 0) is 0 Å². The van der Waals surface area contributed by atoms with Gasteiger partial charge in [-0.05, 0) is 6.42 Å². The lowest BCUT2D eigenvalue weighted by molar-refractivity contribution is 0.282. The molecule has 0 aliphatic carbocycles. The number of hydrazine groups is 1. The molecule has 0 radical (unpaired) electrons. The van der Waals surface area contributed by atoms with Crippen molar-refractivity contribution < 1.29 is 4.74 Å². The predicted molar refractivity (Wildman–Crippen MR) is 69.8 cm³/mol. The van der Waals surface area contributed by atoms with Gasteiger partial charge in [0.15, 0.2) is 0 Å². The summed E-state index contributed by atoms with van der Waals surface area (Å²) in [6.07, 6.45) is 8.18. The Labute approximate surface area is 111 Å². The summed E-state index contributed by atoms with van der Waals surface area (Å²) >= 11 is 0. The molecule has 0 aliphatic heterocycles. The van der Waals surface area contributed by atoms with Crippen LogP contribution in [0, 0.1) is 0 Å². The molecule has 0 saturated carbocycles. The zero-order valence-electron chi connectivity index (χ0n) is 10.8. The molecule has 2 aromatic heterocycles. The highest BCUT2D eigenvalue weighted by Crippen LogP contribution is 2.10. The maximum absolute atomic E-state index is 5.50. The molecule has 2 aromatic rings. The number of hydrogen-bond acceptors (Lipinski definition) is 7. The Hall–Kier alpha value is -2.22. The second kappa shape index (κ2) is 6.64. The maximum atomic E-state index is 5.50. The van der Waals surface area contributed by atoms with E-state index in [4.69, 9.17) is 10.6 Å². The van der Waals surface area contributed by atoms with Gasteiger partial charge in [-0.3, -0.25) is 9.99 Å². The Morgan fingerprint density at radius 2 is 2.21 bits per heavy atom. The van der Waals surface area contributed by atoms with E-state index in [1.165, 1.54) is 0 Å². The van der Waals surface area contributed by atoms with E-state index in [0.717, 1.165) is 19.3 Å². The van der Waals surface area contributed by atoms with Crippen molar-refractivity contribution in [2.24, 2.45) is 5.84 Å². The van der Waals surface area contributed by atoms with Gasteiger partial charge in [-0.25, -0.2) is 10.8 Å². The molecule has 19 heavy (non-hydrogen) atoms. The molecule has 0 bridgehead atoms. The number of imidazole rings is 1. The number of ether oxygens (including phenoxy) is 1. The number of aromatic nitrogens is 5. The van der Waals surface area contributed by atoms with E-state index < -0.39 is 0 Å². The highest BCUT2D eigenvalue weighted by Gasteiger charge is 2.08. The monoisotopic (exact) mass is 263 g/mol. The van der Waals surface area contributed by atoms with Crippen molar-refractivity contribution in [3.05, 3.63) is 18.7 Å². The first-order valence-electron chi connectivity index (χ1n) is 6.17. The van der Waals surface area contributed by atoms with Crippen molar-refractivity contribution in [2.75, 3.05) is 12.0 Å². The number of rotatable bonds is 7. The zero-order valence-corrected chi connectivity index (χ0v) is 10.8. The minimum absolute atomic E-state index is 0.253. The van der Waals surface area contributed by atoms with Crippen molar-refractivity contribution in [3.8, 4) is 12.0 Å². The lowest BCUT2D eigenvalue weighted by Crippen LogP contribution is -2.14. The number of hydrogen-bond donors (Lipinski definition) is 2. The average Bonchev–Trinajstić information content (AvgIpc) is 2.97. The van der Waals surface area contributed by atoms with Gasteiger partial charge >= 0.3 is 6.01 Å². The normalized spacial score (nSPS) is 10.4. The summed E-state index contributed by atoms with van der Waals surface area (Å²) in [5.41, 5.74) is 2.40. The van der Waals surface area contributed by atoms with Gasteiger partial charge in [0.25, 0.3) is 0 Å². The van der Waals surface area contributed by atoms with Crippen LogP contribution in [0.15, 0.2) is 18.7 Å². The molecule has 8 nitrogen and oxygen atoms in total. The van der Waals surface area contributed by atoms with Crippen molar-refractivity contribution >= 4 is 5.95 Å². The molecule has 2 rings (SSSR count). The molecule has 0 aliphatic rings. The smallest absolute Gasteiger partial charge is 0.323 e. The van der Waals surface area contributed by atoms with Gasteiger partial charge in [0.1, 0.15) is 6.33 Å². The Balaban J connectivity index is 2.12. The number of unbranched alkanes of at least 4 members (excludes halogenated alkanes) is 2. The first-order chi connectivity index (χ1) is 9.33. The predicted octanol–water partition coefficient (Wildman–Crippen LogP) is 0.912. The Bertz CT molecular complexity index is 500.